The molecule has 0 heterocycles. The molecule has 0 radical (unpaired) electrons. The Kier molecular flexibility index (Phi) is 11.1. The number of benzene rings is 10. The number of hydrogen-bond donors (Lipinski definition) is 0. The first kappa shape index (κ1) is 42.8. The summed E-state index contributed by atoms with van der Waals surface area (Å²) in [6, 6.07) is 98.3. The van der Waals surface area contributed by atoms with Crippen LogP contribution >= 0.6 is 0 Å². The summed E-state index contributed by atoms with van der Waals surface area (Å²) in [5.41, 5.74) is 21.7. The normalized spacial score (nSPS) is 14.4. The van der Waals surface area contributed by atoms with Crippen LogP contribution in [0.2, 0.25) is 0 Å². The van der Waals surface area contributed by atoms with Crippen molar-refractivity contribution in [2.75, 3.05) is 4.90 Å². The van der Waals surface area contributed by atoms with E-state index in [1.54, 1.807) is 0 Å². The van der Waals surface area contributed by atoms with Crippen LogP contribution < -0.4 is 4.90 Å². The summed E-state index contributed by atoms with van der Waals surface area (Å²) in [5, 5.41) is 0. The maximum absolute atomic E-state index is 2.50. The molecular formula is C69H53N. The Labute approximate surface area is 413 Å². The van der Waals surface area contributed by atoms with Gasteiger partial charge >= 0.3 is 0 Å². The van der Waals surface area contributed by atoms with E-state index in [0.29, 0.717) is 0 Å². The van der Waals surface area contributed by atoms with Crippen LogP contribution in [0.3, 0.4) is 0 Å². The highest BCUT2D eigenvalue weighted by Crippen LogP contribution is 2.58. The summed E-state index contributed by atoms with van der Waals surface area (Å²) >= 11 is 0. The topological polar surface area (TPSA) is 3.24 Å². The molecule has 334 valence electrons. The minimum Gasteiger partial charge on any atom is -0.314 e. The smallest absolute Gasteiger partial charge is 0.0707 e. The summed E-state index contributed by atoms with van der Waals surface area (Å²) in [7, 11) is 0. The first-order valence-electron chi connectivity index (χ1n) is 24.6. The first-order chi connectivity index (χ1) is 34.6. The van der Waals surface area contributed by atoms with Crippen molar-refractivity contribution in [2.45, 2.75) is 30.6 Å². The molecule has 2 aliphatic carbocycles. The van der Waals surface area contributed by atoms with Crippen molar-refractivity contribution in [3.63, 3.8) is 0 Å². The zero-order valence-electron chi connectivity index (χ0n) is 39.4. The number of anilines is 2. The number of para-hydroxylation sites is 1. The molecule has 0 aliphatic heterocycles. The van der Waals surface area contributed by atoms with Crippen LogP contribution in [0.5, 0.6) is 0 Å². The molecule has 10 aromatic rings. The quantitative estimate of drug-likeness (QED) is 0.132. The molecule has 0 bridgehead atoms. The molecule has 12 rings (SSSR count). The van der Waals surface area contributed by atoms with E-state index >= 15 is 0 Å². The van der Waals surface area contributed by atoms with Gasteiger partial charge in [-0.25, -0.2) is 0 Å². The van der Waals surface area contributed by atoms with Crippen molar-refractivity contribution in [1.82, 2.24) is 0 Å². The molecule has 2 aliphatic rings. The number of fused-ring (bicyclic) bond motifs is 2. The van der Waals surface area contributed by atoms with Crippen LogP contribution in [0, 0.1) is 0 Å². The van der Waals surface area contributed by atoms with E-state index in [1.807, 2.05) is 0 Å². The molecule has 0 unspecified atom stereocenters. The average Bonchev–Trinajstić information content (AvgIpc) is 3.45. The van der Waals surface area contributed by atoms with Gasteiger partial charge in [-0.15, -0.1) is 0 Å². The Morgan fingerprint density at radius 3 is 1.23 bits per heavy atom. The van der Waals surface area contributed by atoms with Gasteiger partial charge in [0.05, 0.1) is 11.1 Å². The SMILES string of the molecule is CC1(c2ccccc2C2=CC=C(N(c3ccc(-c4ccccc4)cc3)c3ccccc3-c3ccc(-c4ccccc4)cc3)CC2)c2ccccc2C(c2ccccc2)(c2ccccc2)c2ccccc21. The predicted octanol–water partition coefficient (Wildman–Crippen LogP) is 17.6. The Hall–Kier alpha value is -8.52. The lowest BCUT2D eigenvalue weighted by Crippen LogP contribution is -2.43. The van der Waals surface area contributed by atoms with Crippen molar-refractivity contribution in [1.29, 1.82) is 0 Å². The first-order valence-corrected chi connectivity index (χ1v) is 24.6. The van der Waals surface area contributed by atoms with Gasteiger partial charge in [0.2, 0.25) is 0 Å². The largest absolute Gasteiger partial charge is 0.314 e. The van der Waals surface area contributed by atoms with Crippen molar-refractivity contribution < 1.29 is 0 Å². The Balaban J connectivity index is 0.987. The van der Waals surface area contributed by atoms with Crippen molar-refractivity contribution in [3.05, 3.63) is 329 Å². The van der Waals surface area contributed by atoms with Gasteiger partial charge in [-0.3, -0.25) is 0 Å². The minimum atomic E-state index is -0.505. The second-order valence-electron chi connectivity index (χ2n) is 18.8. The minimum absolute atomic E-state index is 0.455. The number of hydrogen-bond acceptors (Lipinski definition) is 1. The molecule has 10 aromatic carbocycles. The molecule has 1 heteroatoms. The van der Waals surface area contributed by atoms with Crippen LogP contribution in [-0.2, 0) is 10.8 Å². The molecule has 0 fully saturated rings. The highest BCUT2D eigenvalue weighted by atomic mass is 15.2. The highest BCUT2D eigenvalue weighted by Gasteiger charge is 2.51. The van der Waals surface area contributed by atoms with Gasteiger partial charge in [-0.1, -0.05) is 255 Å². The summed E-state index contributed by atoms with van der Waals surface area (Å²) in [6.07, 6.45) is 6.56. The predicted molar refractivity (Wildman–Crippen MR) is 293 cm³/mol. The van der Waals surface area contributed by atoms with Gasteiger partial charge in [-0.2, -0.15) is 0 Å². The van der Waals surface area contributed by atoms with E-state index in [2.05, 4.69) is 291 Å². The fourth-order valence-electron chi connectivity index (χ4n) is 11.8. The molecular weight excluding hydrogens is 843 g/mol. The van der Waals surface area contributed by atoms with Crippen molar-refractivity contribution in [2.24, 2.45) is 0 Å². The van der Waals surface area contributed by atoms with E-state index < -0.39 is 10.8 Å². The Morgan fingerprint density at radius 2 is 0.714 bits per heavy atom. The highest BCUT2D eigenvalue weighted by molar-refractivity contribution is 5.87. The summed E-state index contributed by atoms with van der Waals surface area (Å²) in [4.78, 5) is 2.50. The van der Waals surface area contributed by atoms with E-state index in [1.165, 1.54) is 89.2 Å². The third-order valence-electron chi connectivity index (χ3n) is 15.1. The van der Waals surface area contributed by atoms with E-state index in [-0.39, 0.29) is 0 Å². The summed E-state index contributed by atoms with van der Waals surface area (Å²) in [5.74, 6) is 0. The molecule has 1 nitrogen and oxygen atoms in total. The fourth-order valence-corrected chi connectivity index (χ4v) is 11.8. The standard InChI is InChI=1S/C69H53N/c1-68(63-33-17-19-35-65(63)69(56-26-10-4-11-27-56,57-28-12-5-13-29-57)66-36-20-18-34-64(66)68)62-32-16-14-30-60(62)54-44-48-59(49-45-54)70(58-46-42-53(43-47-58)51-24-8-3-9-25-51)67-37-21-15-31-61(67)55-40-38-52(39-41-55)50-22-6-2-7-23-50/h2-44,46-48H,45,49H2,1H3. The molecule has 70 heavy (non-hydrogen) atoms. The van der Waals surface area contributed by atoms with Gasteiger partial charge in [0, 0.05) is 22.4 Å². The third-order valence-corrected chi connectivity index (χ3v) is 15.1. The lowest BCUT2D eigenvalue weighted by Gasteiger charge is -2.49. The Bertz CT molecular complexity index is 3420. The van der Waals surface area contributed by atoms with Crippen LogP contribution in [0.4, 0.5) is 11.4 Å². The second kappa shape index (κ2) is 18.2. The molecule has 0 saturated heterocycles. The molecule has 0 amide bonds. The van der Waals surface area contributed by atoms with Crippen LogP contribution in [0.25, 0.3) is 39.0 Å². The van der Waals surface area contributed by atoms with Crippen LogP contribution in [-0.4, -0.2) is 0 Å². The van der Waals surface area contributed by atoms with Crippen molar-refractivity contribution >= 4 is 16.9 Å². The zero-order chi connectivity index (χ0) is 46.9. The Morgan fingerprint density at radius 1 is 0.314 bits per heavy atom. The van der Waals surface area contributed by atoms with Gasteiger partial charge in [0.1, 0.15) is 0 Å². The molecule has 0 N–H and O–H groups in total. The second-order valence-corrected chi connectivity index (χ2v) is 18.8. The van der Waals surface area contributed by atoms with Crippen LogP contribution in [0.15, 0.2) is 285 Å². The maximum Gasteiger partial charge on any atom is 0.0707 e. The third kappa shape index (κ3) is 7.25. The van der Waals surface area contributed by atoms with Crippen LogP contribution in [0.1, 0.15) is 64.3 Å². The number of rotatable bonds is 10. The monoisotopic (exact) mass is 895 g/mol. The fraction of sp³-hybridized carbons (Fsp3) is 0.0725. The zero-order valence-corrected chi connectivity index (χ0v) is 39.4. The number of nitrogens with zero attached hydrogens (tertiary/aromatic N) is 1. The molecule has 0 spiro atoms. The molecule has 0 saturated carbocycles. The summed E-state index contributed by atoms with van der Waals surface area (Å²) in [6.45, 7) is 2.47. The van der Waals surface area contributed by atoms with Gasteiger partial charge in [0.25, 0.3) is 0 Å². The maximum atomic E-state index is 2.50. The molecule has 0 atom stereocenters. The van der Waals surface area contributed by atoms with Gasteiger partial charge < -0.3 is 4.90 Å². The average molecular weight is 896 g/mol. The van der Waals surface area contributed by atoms with Gasteiger partial charge in [0.15, 0.2) is 0 Å². The lowest BCUT2D eigenvalue weighted by molar-refractivity contribution is 0.588. The van der Waals surface area contributed by atoms with E-state index in [9.17, 15) is 0 Å². The van der Waals surface area contributed by atoms with E-state index in [4.69, 9.17) is 0 Å². The molecule has 0 aromatic heterocycles. The summed E-state index contributed by atoms with van der Waals surface area (Å²) < 4.78 is 0. The van der Waals surface area contributed by atoms with E-state index in [0.717, 1.165) is 24.2 Å². The lowest BCUT2D eigenvalue weighted by atomic mass is 9.52. The van der Waals surface area contributed by atoms with Gasteiger partial charge in [-0.05, 0) is 122 Å². The van der Waals surface area contributed by atoms with Crippen molar-refractivity contribution in [3.8, 4) is 33.4 Å². The number of allylic oxidation sites excluding steroid dienone is 4.